The molecule has 2 aliphatic rings. The molecule has 152 valence electrons. The number of rotatable bonds is 6. The van der Waals surface area contributed by atoms with Crippen LogP contribution in [0.5, 0.6) is 0 Å². The number of imide groups is 1. The Morgan fingerprint density at radius 1 is 1.14 bits per heavy atom. The van der Waals surface area contributed by atoms with Gasteiger partial charge in [0.1, 0.15) is 5.82 Å². The van der Waals surface area contributed by atoms with Gasteiger partial charge in [-0.05, 0) is 30.5 Å². The number of hydrogen-bond acceptors (Lipinski definition) is 5. The molecule has 0 bridgehead atoms. The number of fused-ring (bicyclic) bond motifs is 1. The van der Waals surface area contributed by atoms with Gasteiger partial charge in [0.15, 0.2) is 5.13 Å². The number of hydrogen-bond donors (Lipinski definition) is 1. The van der Waals surface area contributed by atoms with Gasteiger partial charge in [-0.2, -0.15) is 0 Å². The molecule has 1 saturated carbocycles. The lowest BCUT2D eigenvalue weighted by molar-refractivity contribution is -0.140. The number of thiazole rings is 1. The van der Waals surface area contributed by atoms with Crippen LogP contribution >= 0.6 is 11.3 Å². The van der Waals surface area contributed by atoms with E-state index in [1.165, 1.54) is 28.4 Å². The molecule has 0 spiro atoms. The first-order valence-corrected chi connectivity index (χ1v) is 10.7. The molecule has 2 fully saturated rings. The van der Waals surface area contributed by atoms with Crippen LogP contribution in [0.25, 0.3) is 0 Å². The Balaban J connectivity index is 1.29. The predicted molar refractivity (Wildman–Crippen MR) is 107 cm³/mol. The monoisotopic (exact) mass is 415 g/mol. The van der Waals surface area contributed by atoms with Crippen molar-refractivity contribution in [2.45, 2.75) is 38.5 Å². The van der Waals surface area contributed by atoms with Crippen LogP contribution in [0.4, 0.5) is 9.52 Å². The number of halogens is 1. The highest BCUT2D eigenvalue weighted by Crippen LogP contribution is 2.38. The van der Waals surface area contributed by atoms with Gasteiger partial charge in [-0.3, -0.25) is 19.3 Å². The SMILES string of the molecule is O=C(CCN1C(=O)[C@@H]2CCCC[C@H]2C1=O)Nc1ncc(Cc2ccc(F)cc2)s1. The van der Waals surface area contributed by atoms with Crippen LogP contribution in [0.1, 0.15) is 42.5 Å². The molecule has 1 aliphatic heterocycles. The van der Waals surface area contributed by atoms with Gasteiger partial charge in [-0.1, -0.05) is 25.0 Å². The molecule has 1 saturated heterocycles. The first-order chi connectivity index (χ1) is 14.0. The summed E-state index contributed by atoms with van der Waals surface area (Å²) in [4.78, 5) is 43.6. The van der Waals surface area contributed by atoms with Crippen LogP contribution < -0.4 is 5.32 Å². The number of benzene rings is 1. The molecule has 2 heterocycles. The van der Waals surface area contributed by atoms with E-state index in [1.807, 2.05) is 0 Å². The minimum absolute atomic E-state index is 0.0593. The fourth-order valence-electron chi connectivity index (χ4n) is 4.10. The van der Waals surface area contributed by atoms with E-state index < -0.39 is 0 Å². The fraction of sp³-hybridized carbons (Fsp3) is 0.429. The van der Waals surface area contributed by atoms with Gasteiger partial charge in [0.2, 0.25) is 17.7 Å². The minimum atomic E-state index is -0.278. The molecule has 8 heteroatoms. The normalized spacial score (nSPS) is 21.3. The standard InChI is InChI=1S/C21H22FN3O3S/c22-14-7-5-13(6-8-14)11-15-12-23-21(29-15)24-18(26)9-10-25-19(27)16-3-1-2-4-17(16)20(25)28/h5-8,12,16-17H,1-4,9-11H2,(H,23,24,26)/t16-,17-/m1/s1. The Morgan fingerprint density at radius 3 is 2.45 bits per heavy atom. The molecule has 1 N–H and O–H groups in total. The van der Waals surface area contributed by atoms with E-state index in [9.17, 15) is 18.8 Å². The van der Waals surface area contributed by atoms with Gasteiger partial charge in [-0.15, -0.1) is 11.3 Å². The Hall–Kier alpha value is -2.61. The second-order valence-electron chi connectivity index (χ2n) is 7.56. The zero-order valence-corrected chi connectivity index (χ0v) is 16.7. The summed E-state index contributed by atoms with van der Waals surface area (Å²) in [6, 6.07) is 6.26. The van der Waals surface area contributed by atoms with E-state index in [-0.39, 0.29) is 48.3 Å². The molecule has 4 rings (SSSR count). The third-order valence-corrected chi connectivity index (χ3v) is 6.50. The van der Waals surface area contributed by atoms with Crippen molar-refractivity contribution in [1.29, 1.82) is 0 Å². The maximum absolute atomic E-state index is 13.0. The lowest BCUT2D eigenvalue weighted by Gasteiger charge is -2.19. The third-order valence-electron chi connectivity index (χ3n) is 5.59. The summed E-state index contributed by atoms with van der Waals surface area (Å²) in [6.45, 7) is 0.115. The molecule has 0 unspecified atom stereocenters. The van der Waals surface area contributed by atoms with Crippen molar-refractivity contribution >= 4 is 34.2 Å². The van der Waals surface area contributed by atoms with Crippen molar-refractivity contribution in [1.82, 2.24) is 9.88 Å². The van der Waals surface area contributed by atoms with Crippen LogP contribution in [0.2, 0.25) is 0 Å². The number of anilines is 1. The van der Waals surface area contributed by atoms with E-state index in [1.54, 1.807) is 18.3 Å². The van der Waals surface area contributed by atoms with Crippen molar-refractivity contribution in [3.63, 3.8) is 0 Å². The van der Waals surface area contributed by atoms with E-state index in [0.717, 1.165) is 36.1 Å². The number of nitrogens with zero attached hydrogens (tertiary/aromatic N) is 2. The Kier molecular flexibility index (Phi) is 5.71. The summed E-state index contributed by atoms with van der Waals surface area (Å²) in [5.41, 5.74) is 0.959. The molecule has 1 aromatic heterocycles. The zero-order valence-electron chi connectivity index (χ0n) is 15.9. The summed E-state index contributed by atoms with van der Waals surface area (Å²) in [7, 11) is 0. The Bertz CT molecular complexity index is 904. The van der Waals surface area contributed by atoms with Crippen LogP contribution in [0, 0.1) is 17.7 Å². The quantitative estimate of drug-likeness (QED) is 0.734. The molecule has 6 nitrogen and oxygen atoms in total. The summed E-state index contributed by atoms with van der Waals surface area (Å²) in [5, 5.41) is 3.20. The average Bonchev–Trinajstić information content (AvgIpc) is 3.25. The molecule has 3 amide bonds. The molecule has 0 radical (unpaired) electrons. The maximum Gasteiger partial charge on any atom is 0.233 e. The van der Waals surface area contributed by atoms with Crippen LogP contribution in [0.15, 0.2) is 30.5 Å². The van der Waals surface area contributed by atoms with Gasteiger partial charge in [0.25, 0.3) is 0 Å². The number of aromatic nitrogens is 1. The van der Waals surface area contributed by atoms with Crippen molar-refractivity contribution in [3.8, 4) is 0 Å². The molecular formula is C21H22FN3O3S. The highest BCUT2D eigenvalue weighted by Gasteiger charge is 2.47. The van der Waals surface area contributed by atoms with E-state index in [2.05, 4.69) is 10.3 Å². The van der Waals surface area contributed by atoms with Crippen molar-refractivity contribution in [2.24, 2.45) is 11.8 Å². The first kappa shape index (κ1) is 19.7. The smallest absolute Gasteiger partial charge is 0.233 e. The number of amides is 3. The van der Waals surface area contributed by atoms with Crippen LogP contribution in [-0.4, -0.2) is 34.2 Å². The van der Waals surface area contributed by atoms with Crippen molar-refractivity contribution in [2.75, 3.05) is 11.9 Å². The molecule has 29 heavy (non-hydrogen) atoms. The topological polar surface area (TPSA) is 79.4 Å². The van der Waals surface area contributed by atoms with Crippen molar-refractivity contribution < 1.29 is 18.8 Å². The molecular weight excluding hydrogens is 393 g/mol. The average molecular weight is 415 g/mol. The fourth-order valence-corrected chi connectivity index (χ4v) is 4.96. The molecule has 2 atom stereocenters. The summed E-state index contributed by atoms with van der Waals surface area (Å²) >= 11 is 1.35. The molecule has 1 aliphatic carbocycles. The minimum Gasteiger partial charge on any atom is -0.302 e. The van der Waals surface area contributed by atoms with Crippen LogP contribution in [0.3, 0.4) is 0 Å². The largest absolute Gasteiger partial charge is 0.302 e. The zero-order chi connectivity index (χ0) is 20.4. The highest BCUT2D eigenvalue weighted by atomic mass is 32.1. The Labute approximate surface area is 172 Å². The Morgan fingerprint density at radius 2 is 1.79 bits per heavy atom. The van der Waals surface area contributed by atoms with Crippen LogP contribution in [-0.2, 0) is 20.8 Å². The lowest BCUT2D eigenvalue weighted by atomic mass is 9.81. The van der Waals surface area contributed by atoms with E-state index >= 15 is 0 Å². The molecule has 1 aromatic carbocycles. The third kappa shape index (κ3) is 4.37. The summed E-state index contributed by atoms with van der Waals surface area (Å²) < 4.78 is 13.0. The first-order valence-electron chi connectivity index (χ1n) is 9.85. The number of likely N-dealkylation sites (tertiary alicyclic amines) is 1. The molecule has 2 aromatic rings. The van der Waals surface area contributed by atoms with E-state index in [4.69, 9.17) is 0 Å². The lowest BCUT2D eigenvalue weighted by Crippen LogP contribution is -2.34. The number of carbonyl (C=O) groups excluding carboxylic acids is 3. The summed E-state index contributed by atoms with van der Waals surface area (Å²) in [6.07, 6.45) is 5.86. The van der Waals surface area contributed by atoms with Gasteiger partial charge in [0, 0.05) is 30.5 Å². The second-order valence-corrected chi connectivity index (χ2v) is 8.67. The van der Waals surface area contributed by atoms with E-state index in [0.29, 0.717) is 11.6 Å². The highest BCUT2D eigenvalue weighted by molar-refractivity contribution is 7.15. The second kappa shape index (κ2) is 8.41. The number of nitrogens with one attached hydrogen (secondary N) is 1. The van der Waals surface area contributed by atoms with Gasteiger partial charge in [-0.25, -0.2) is 9.37 Å². The number of carbonyl (C=O) groups is 3. The predicted octanol–water partition coefficient (Wildman–Crippen LogP) is 3.38. The van der Waals surface area contributed by atoms with Gasteiger partial charge >= 0.3 is 0 Å². The van der Waals surface area contributed by atoms with Gasteiger partial charge in [0.05, 0.1) is 11.8 Å². The van der Waals surface area contributed by atoms with Crippen molar-refractivity contribution in [3.05, 3.63) is 46.7 Å². The van der Waals surface area contributed by atoms with Gasteiger partial charge < -0.3 is 5.32 Å². The summed E-state index contributed by atoms with van der Waals surface area (Å²) in [5.74, 6) is -1.17. The maximum atomic E-state index is 13.0.